The lowest BCUT2D eigenvalue weighted by molar-refractivity contribution is -0.898. The number of esters is 1. The van der Waals surface area contributed by atoms with Gasteiger partial charge in [-0.2, -0.15) is 0 Å². The number of likely N-dealkylation sites (N-methyl/N-ethyl adjacent to an activating group) is 1. The lowest BCUT2D eigenvalue weighted by Gasteiger charge is -2.28. The van der Waals surface area contributed by atoms with Crippen LogP contribution in [0, 0.1) is 19.8 Å². The number of anilines is 1. The lowest BCUT2D eigenvalue weighted by atomic mass is 9.97. The molecule has 0 bridgehead atoms. The lowest BCUT2D eigenvalue weighted by Crippen LogP contribution is -3.14. The molecular formula is C21H32N3O4+. The number of piperidine rings is 1. The van der Waals surface area contributed by atoms with Crippen LogP contribution in [0.5, 0.6) is 0 Å². The second kappa shape index (κ2) is 10.2. The molecule has 0 aromatic heterocycles. The predicted octanol–water partition coefficient (Wildman–Crippen LogP) is 0.558. The van der Waals surface area contributed by atoms with Gasteiger partial charge in [0.25, 0.3) is 5.91 Å². The molecule has 0 radical (unpaired) electrons. The highest BCUT2D eigenvalue weighted by atomic mass is 16.5. The van der Waals surface area contributed by atoms with Crippen LogP contribution < -0.4 is 10.2 Å². The van der Waals surface area contributed by atoms with Crippen molar-refractivity contribution >= 4 is 23.5 Å². The van der Waals surface area contributed by atoms with Crippen molar-refractivity contribution in [3.05, 3.63) is 29.3 Å². The number of carbonyl (C=O) groups is 3. The van der Waals surface area contributed by atoms with E-state index in [9.17, 15) is 14.4 Å². The van der Waals surface area contributed by atoms with Gasteiger partial charge in [0, 0.05) is 25.6 Å². The molecule has 0 atom stereocenters. The number of nitrogens with one attached hydrogen (secondary N) is 2. The van der Waals surface area contributed by atoms with Gasteiger partial charge in [-0.3, -0.25) is 14.4 Å². The van der Waals surface area contributed by atoms with Gasteiger partial charge in [-0.05, 0) is 31.9 Å². The number of rotatable bonds is 7. The van der Waals surface area contributed by atoms with Crippen LogP contribution >= 0.6 is 0 Å². The number of aryl methyl sites for hydroxylation is 2. The van der Waals surface area contributed by atoms with Gasteiger partial charge in [0.1, 0.15) is 0 Å². The largest absolute Gasteiger partial charge is 0.466 e. The van der Waals surface area contributed by atoms with E-state index in [1.165, 1.54) is 4.90 Å². The Morgan fingerprint density at radius 3 is 2.36 bits per heavy atom. The van der Waals surface area contributed by atoms with Crippen molar-refractivity contribution in [3.63, 3.8) is 0 Å². The van der Waals surface area contributed by atoms with E-state index in [1.54, 1.807) is 7.05 Å². The van der Waals surface area contributed by atoms with Crippen LogP contribution in [0.4, 0.5) is 5.69 Å². The molecule has 1 saturated heterocycles. The highest BCUT2D eigenvalue weighted by Gasteiger charge is 2.30. The van der Waals surface area contributed by atoms with E-state index in [-0.39, 0.29) is 30.2 Å². The Morgan fingerprint density at radius 1 is 1.18 bits per heavy atom. The van der Waals surface area contributed by atoms with Crippen LogP contribution in [0.25, 0.3) is 0 Å². The number of ether oxygens (including phenoxy) is 1. The van der Waals surface area contributed by atoms with Gasteiger partial charge in [0.05, 0.1) is 32.2 Å². The average Bonchev–Trinajstić information content (AvgIpc) is 2.65. The molecule has 1 aliphatic heterocycles. The van der Waals surface area contributed by atoms with Gasteiger partial charge in [-0.1, -0.05) is 18.2 Å². The number of amides is 2. The smallest absolute Gasteiger partial charge is 0.309 e. The summed E-state index contributed by atoms with van der Waals surface area (Å²) >= 11 is 0. The molecule has 1 aliphatic rings. The molecule has 28 heavy (non-hydrogen) atoms. The summed E-state index contributed by atoms with van der Waals surface area (Å²) in [6, 6.07) is 5.84. The molecule has 7 heteroatoms. The zero-order valence-corrected chi connectivity index (χ0v) is 17.3. The third-order valence-corrected chi connectivity index (χ3v) is 5.27. The third-order valence-electron chi connectivity index (χ3n) is 5.27. The Bertz CT molecular complexity index is 691. The zero-order valence-electron chi connectivity index (χ0n) is 17.3. The van der Waals surface area contributed by atoms with Crippen LogP contribution in [-0.2, 0) is 19.1 Å². The summed E-state index contributed by atoms with van der Waals surface area (Å²) in [6.07, 6.45) is 1.47. The van der Waals surface area contributed by atoms with Gasteiger partial charge in [-0.25, -0.2) is 0 Å². The van der Waals surface area contributed by atoms with Crippen LogP contribution in [0.2, 0.25) is 0 Å². The maximum absolute atomic E-state index is 12.5. The predicted molar refractivity (Wildman–Crippen MR) is 107 cm³/mol. The maximum Gasteiger partial charge on any atom is 0.309 e. The van der Waals surface area contributed by atoms with Crippen molar-refractivity contribution in [2.75, 3.05) is 45.2 Å². The van der Waals surface area contributed by atoms with E-state index < -0.39 is 0 Å². The molecule has 154 valence electrons. The highest BCUT2D eigenvalue weighted by Crippen LogP contribution is 2.19. The summed E-state index contributed by atoms with van der Waals surface area (Å²) in [4.78, 5) is 39.2. The Labute approximate surface area is 167 Å². The second-order valence-electron chi connectivity index (χ2n) is 7.52. The summed E-state index contributed by atoms with van der Waals surface area (Å²) in [6.45, 7) is 7.98. The number of nitrogens with zero attached hydrogens (tertiary/aromatic N) is 1. The quantitative estimate of drug-likeness (QED) is 0.667. The minimum atomic E-state index is -0.204. The van der Waals surface area contributed by atoms with Gasteiger partial charge < -0.3 is 19.9 Å². The van der Waals surface area contributed by atoms with E-state index in [0.29, 0.717) is 13.2 Å². The first kappa shape index (κ1) is 21.9. The summed E-state index contributed by atoms with van der Waals surface area (Å²) in [7, 11) is 1.65. The molecule has 0 spiro atoms. The summed E-state index contributed by atoms with van der Waals surface area (Å²) < 4.78 is 5.08. The van der Waals surface area contributed by atoms with Crippen molar-refractivity contribution < 1.29 is 24.0 Å². The highest BCUT2D eigenvalue weighted by molar-refractivity contribution is 5.95. The van der Waals surface area contributed by atoms with Crippen molar-refractivity contribution in [3.8, 4) is 0 Å². The Kier molecular flexibility index (Phi) is 7.99. The van der Waals surface area contributed by atoms with Crippen molar-refractivity contribution in [1.82, 2.24) is 4.90 Å². The van der Waals surface area contributed by atoms with E-state index in [1.807, 2.05) is 39.0 Å². The molecule has 1 fully saturated rings. The number of para-hydroxylation sites is 1. The van der Waals surface area contributed by atoms with E-state index in [0.717, 1.165) is 47.6 Å². The monoisotopic (exact) mass is 390 g/mol. The maximum atomic E-state index is 12.5. The molecular weight excluding hydrogens is 358 g/mol. The van der Waals surface area contributed by atoms with Crippen LogP contribution in [0.15, 0.2) is 18.2 Å². The topological polar surface area (TPSA) is 80.2 Å². The molecule has 1 heterocycles. The number of quaternary nitrogens is 1. The first-order valence-corrected chi connectivity index (χ1v) is 9.92. The second-order valence-corrected chi connectivity index (χ2v) is 7.52. The first-order valence-electron chi connectivity index (χ1n) is 9.92. The van der Waals surface area contributed by atoms with Crippen LogP contribution in [-0.4, -0.2) is 62.5 Å². The number of carbonyl (C=O) groups excluding carboxylic acids is 3. The number of likely N-dealkylation sites (tertiary alicyclic amines) is 1. The SMILES string of the molecule is CCOC(=O)C1CC[NH+](CC(=O)N(C)CC(=O)Nc2c(C)cccc2C)CC1. The zero-order chi connectivity index (χ0) is 20.7. The Morgan fingerprint density at radius 2 is 1.79 bits per heavy atom. The number of hydrogen-bond acceptors (Lipinski definition) is 4. The molecule has 1 aromatic rings. The molecule has 7 nitrogen and oxygen atoms in total. The molecule has 2 rings (SSSR count). The van der Waals surface area contributed by atoms with Gasteiger partial charge in [-0.15, -0.1) is 0 Å². The minimum absolute atomic E-state index is 0.0192. The van der Waals surface area contributed by atoms with Gasteiger partial charge in [0.2, 0.25) is 5.91 Å². The summed E-state index contributed by atoms with van der Waals surface area (Å²) in [5.41, 5.74) is 2.80. The van der Waals surface area contributed by atoms with Crippen LogP contribution in [0.1, 0.15) is 30.9 Å². The van der Waals surface area contributed by atoms with Crippen molar-refractivity contribution in [2.45, 2.75) is 33.6 Å². The van der Waals surface area contributed by atoms with Gasteiger partial charge in [0.15, 0.2) is 6.54 Å². The van der Waals surface area contributed by atoms with Gasteiger partial charge >= 0.3 is 5.97 Å². The number of hydrogen-bond donors (Lipinski definition) is 2. The molecule has 2 N–H and O–H groups in total. The van der Waals surface area contributed by atoms with E-state index >= 15 is 0 Å². The van der Waals surface area contributed by atoms with Crippen LogP contribution in [0.3, 0.4) is 0 Å². The normalized spacial score (nSPS) is 19.0. The number of benzene rings is 1. The molecule has 2 amide bonds. The van der Waals surface area contributed by atoms with Crippen molar-refractivity contribution in [1.29, 1.82) is 0 Å². The standard InChI is InChI=1S/C21H31N3O4/c1-5-28-21(27)17-9-11-24(12-10-17)14-19(26)23(4)13-18(25)22-20-15(2)7-6-8-16(20)3/h6-8,17H,5,9-14H2,1-4H3,(H,22,25)/p+1. The minimum Gasteiger partial charge on any atom is -0.466 e. The van der Waals surface area contributed by atoms with E-state index in [4.69, 9.17) is 4.74 Å². The molecule has 0 aliphatic carbocycles. The molecule has 0 unspecified atom stereocenters. The Hall–Kier alpha value is -2.41. The molecule has 1 aromatic carbocycles. The fraction of sp³-hybridized carbons (Fsp3) is 0.571. The Balaban J connectivity index is 1.78. The first-order chi connectivity index (χ1) is 13.3. The fourth-order valence-electron chi connectivity index (χ4n) is 3.54. The molecule has 0 saturated carbocycles. The average molecular weight is 391 g/mol. The van der Waals surface area contributed by atoms with E-state index in [2.05, 4.69) is 5.32 Å². The summed E-state index contributed by atoms with van der Waals surface area (Å²) in [5.74, 6) is -0.460. The fourth-order valence-corrected chi connectivity index (χ4v) is 3.54. The summed E-state index contributed by atoms with van der Waals surface area (Å²) in [5, 5.41) is 2.91. The van der Waals surface area contributed by atoms with Crippen molar-refractivity contribution in [2.24, 2.45) is 5.92 Å². The third kappa shape index (κ3) is 6.05.